The number of carbonyl (C=O) groups is 3. The highest BCUT2D eigenvalue weighted by Gasteiger charge is 2.27. The maximum atomic E-state index is 13.9. The van der Waals surface area contributed by atoms with E-state index < -0.39 is 23.9 Å². The molecular weight excluding hydrogens is 683 g/mol. The van der Waals surface area contributed by atoms with Gasteiger partial charge in [-0.25, -0.2) is 19.4 Å². The Bertz CT molecular complexity index is 1610. The Morgan fingerprint density at radius 1 is 1.00 bits per heavy atom. The van der Waals surface area contributed by atoms with Crippen LogP contribution >= 0.6 is 23.1 Å². The van der Waals surface area contributed by atoms with Gasteiger partial charge in [0.05, 0.1) is 25.5 Å². The predicted molar refractivity (Wildman–Crippen MR) is 195 cm³/mol. The number of benzene rings is 1. The van der Waals surface area contributed by atoms with E-state index in [1.807, 2.05) is 19.1 Å². The van der Waals surface area contributed by atoms with Gasteiger partial charge in [-0.15, -0.1) is 10.2 Å². The highest BCUT2D eigenvalue weighted by atomic mass is 32.2. The molecule has 3 amide bonds. The molecule has 1 fully saturated rings. The molecule has 3 heterocycles. The minimum atomic E-state index is -0.815. The Morgan fingerprint density at radius 3 is 2.20 bits per heavy atom. The van der Waals surface area contributed by atoms with Crippen molar-refractivity contribution >= 4 is 64.3 Å². The molecule has 268 valence electrons. The number of pyridine rings is 1. The first-order valence-electron chi connectivity index (χ1n) is 16.0. The third-order valence-corrected chi connectivity index (χ3v) is 8.94. The first kappa shape index (κ1) is 38.1. The predicted octanol–water partition coefficient (Wildman–Crippen LogP) is 7.04. The van der Waals surface area contributed by atoms with E-state index in [0.29, 0.717) is 54.8 Å². The molecule has 0 spiro atoms. The standard InChI is InChI=1S/C34H43N7O7S2/c1-7-12-46-30(42)36-24-16-23(17-25(18-24)37-31(43)47-13-8-2)21-41(33(44)48-34(4,5)6)28-20-27(40-10-14-45-15-11-40)19-26(35-28)22-49-32-39-38-29(9-3)50-32/h7-8,16-20H,1-2,9-15,21-22H2,3-6H3,(H,36,42)(H,37,43). The van der Waals surface area contributed by atoms with Gasteiger partial charge in [-0.3, -0.25) is 15.5 Å². The van der Waals surface area contributed by atoms with Crippen molar-refractivity contribution in [1.29, 1.82) is 0 Å². The largest absolute Gasteiger partial charge is 0.445 e. The molecule has 0 aliphatic carbocycles. The molecule has 0 bridgehead atoms. The summed E-state index contributed by atoms with van der Waals surface area (Å²) in [5.74, 6) is 0.840. The first-order chi connectivity index (χ1) is 24.0. The molecule has 0 saturated carbocycles. The molecular formula is C34H43N7O7S2. The number of amides is 3. The highest BCUT2D eigenvalue weighted by Crippen LogP contribution is 2.31. The summed E-state index contributed by atoms with van der Waals surface area (Å²) in [6, 6.07) is 8.72. The van der Waals surface area contributed by atoms with Crippen LogP contribution in [0, 0.1) is 0 Å². The minimum absolute atomic E-state index is 0.00152. The van der Waals surface area contributed by atoms with E-state index in [1.165, 1.54) is 34.9 Å². The second-order valence-corrected chi connectivity index (χ2v) is 14.2. The fraction of sp³-hybridized carbons (Fsp3) is 0.412. The number of hydrogen-bond acceptors (Lipinski definition) is 13. The van der Waals surface area contributed by atoms with Crippen LogP contribution in [0.4, 0.5) is 37.3 Å². The summed E-state index contributed by atoms with van der Waals surface area (Å²) in [7, 11) is 0. The summed E-state index contributed by atoms with van der Waals surface area (Å²) < 4.78 is 22.5. The van der Waals surface area contributed by atoms with Gasteiger partial charge in [-0.2, -0.15) is 0 Å². The Kier molecular flexibility index (Phi) is 14.0. The lowest BCUT2D eigenvalue weighted by molar-refractivity contribution is 0.0576. The molecule has 1 aromatic carbocycles. The van der Waals surface area contributed by atoms with Crippen LogP contribution in [0.5, 0.6) is 0 Å². The molecule has 14 nitrogen and oxygen atoms in total. The number of nitrogens with zero attached hydrogens (tertiary/aromatic N) is 5. The average molecular weight is 726 g/mol. The van der Waals surface area contributed by atoms with Crippen LogP contribution in [0.2, 0.25) is 0 Å². The smallest absolute Gasteiger partial charge is 0.416 e. The third-order valence-electron chi connectivity index (χ3n) is 6.70. The minimum Gasteiger partial charge on any atom is -0.445 e. The number of carbonyl (C=O) groups excluding carboxylic acids is 3. The van der Waals surface area contributed by atoms with E-state index in [2.05, 4.69) is 38.9 Å². The van der Waals surface area contributed by atoms with E-state index in [4.69, 9.17) is 23.9 Å². The van der Waals surface area contributed by atoms with Gasteiger partial charge >= 0.3 is 18.3 Å². The summed E-state index contributed by atoms with van der Waals surface area (Å²) in [4.78, 5) is 47.4. The Hall–Kier alpha value is -4.67. The van der Waals surface area contributed by atoms with E-state index >= 15 is 0 Å². The fourth-order valence-corrected chi connectivity index (χ4v) is 6.32. The van der Waals surface area contributed by atoms with Crippen LogP contribution in [0.15, 0.2) is 60.0 Å². The summed E-state index contributed by atoms with van der Waals surface area (Å²) in [6.45, 7) is 17.0. The van der Waals surface area contributed by atoms with Crippen molar-refractivity contribution in [2.24, 2.45) is 0 Å². The van der Waals surface area contributed by atoms with Crippen molar-refractivity contribution in [3.63, 3.8) is 0 Å². The molecule has 16 heteroatoms. The summed E-state index contributed by atoms with van der Waals surface area (Å²) in [5.41, 5.74) is 1.92. The van der Waals surface area contributed by atoms with Gasteiger partial charge in [0.15, 0.2) is 4.34 Å². The topological polar surface area (TPSA) is 157 Å². The number of anilines is 4. The van der Waals surface area contributed by atoms with Crippen LogP contribution < -0.4 is 20.4 Å². The molecule has 0 radical (unpaired) electrons. The Labute approximate surface area is 300 Å². The van der Waals surface area contributed by atoms with Crippen molar-refractivity contribution in [3.05, 3.63) is 71.9 Å². The van der Waals surface area contributed by atoms with Crippen LogP contribution in [0.3, 0.4) is 0 Å². The normalized spacial score (nSPS) is 12.8. The molecule has 1 aliphatic heterocycles. The molecule has 0 unspecified atom stereocenters. The van der Waals surface area contributed by atoms with E-state index in [0.717, 1.165) is 27.1 Å². The first-order valence-corrected chi connectivity index (χ1v) is 17.8. The number of aryl methyl sites for hydroxylation is 1. The lowest BCUT2D eigenvalue weighted by Gasteiger charge is -2.31. The molecule has 2 aromatic heterocycles. The van der Waals surface area contributed by atoms with Crippen LogP contribution in [-0.4, -0.2) is 78.6 Å². The van der Waals surface area contributed by atoms with E-state index in [1.54, 1.807) is 44.2 Å². The van der Waals surface area contributed by atoms with Gasteiger partial charge in [0, 0.05) is 42.0 Å². The maximum absolute atomic E-state index is 13.9. The highest BCUT2D eigenvalue weighted by molar-refractivity contribution is 8.00. The number of rotatable bonds is 14. The number of hydrogen-bond donors (Lipinski definition) is 2. The summed E-state index contributed by atoms with van der Waals surface area (Å²) in [6.07, 6.45) is 1.60. The van der Waals surface area contributed by atoms with Gasteiger partial charge in [0.25, 0.3) is 0 Å². The second-order valence-electron chi connectivity index (χ2n) is 11.9. The van der Waals surface area contributed by atoms with Crippen molar-refractivity contribution in [3.8, 4) is 0 Å². The lowest BCUT2D eigenvalue weighted by atomic mass is 10.1. The van der Waals surface area contributed by atoms with Gasteiger partial charge < -0.3 is 23.8 Å². The molecule has 1 aliphatic rings. The second kappa shape index (κ2) is 18.4. The third kappa shape index (κ3) is 12.0. The molecule has 50 heavy (non-hydrogen) atoms. The average Bonchev–Trinajstić information content (AvgIpc) is 3.55. The van der Waals surface area contributed by atoms with Gasteiger partial charge in [0.1, 0.15) is 29.6 Å². The van der Waals surface area contributed by atoms with Crippen LogP contribution in [0.25, 0.3) is 0 Å². The van der Waals surface area contributed by atoms with E-state index in [9.17, 15) is 14.4 Å². The number of thioether (sulfide) groups is 1. The monoisotopic (exact) mass is 725 g/mol. The number of nitrogens with one attached hydrogen (secondary N) is 2. The maximum Gasteiger partial charge on any atom is 0.416 e. The quantitative estimate of drug-likeness (QED) is 0.0995. The number of ether oxygens (including phenoxy) is 4. The van der Waals surface area contributed by atoms with Gasteiger partial charge in [-0.1, -0.05) is 55.3 Å². The van der Waals surface area contributed by atoms with Crippen molar-refractivity contribution in [2.45, 2.75) is 56.4 Å². The molecule has 1 saturated heterocycles. The molecule has 4 rings (SSSR count). The molecule has 3 aromatic rings. The zero-order chi connectivity index (χ0) is 36.1. The fourth-order valence-electron chi connectivity index (χ4n) is 4.59. The van der Waals surface area contributed by atoms with Crippen LogP contribution in [-0.2, 0) is 37.7 Å². The SMILES string of the molecule is C=CCOC(=O)Nc1cc(CN(C(=O)OC(C)(C)C)c2cc(N3CCOCC3)cc(CSc3nnc(CC)s3)n2)cc(NC(=O)OCC=C)c1. The van der Waals surface area contributed by atoms with Gasteiger partial charge in [-0.05, 0) is 57.0 Å². The van der Waals surface area contributed by atoms with E-state index in [-0.39, 0.29) is 19.8 Å². The summed E-state index contributed by atoms with van der Waals surface area (Å²) >= 11 is 3.06. The molecule has 2 N–H and O–H groups in total. The van der Waals surface area contributed by atoms with Crippen molar-refractivity contribution in [2.75, 3.05) is 60.0 Å². The molecule has 0 atom stereocenters. The summed E-state index contributed by atoms with van der Waals surface area (Å²) in [5, 5.41) is 14.8. The van der Waals surface area contributed by atoms with Crippen LogP contribution in [0.1, 0.15) is 44.0 Å². The lowest BCUT2D eigenvalue weighted by Crippen LogP contribution is -2.38. The van der Waals surface area contributed by atoms with Gasteiger partial charge in [0.2, 0.25) is 0 Å². The zero-order valence-corrected chi connectivity index (χ0v) is 30.4. The Morgan fingerprint density at radius 2 is 1.64 bits per heavy atom. The number of aromatic nitrogens is 3. The Balaban J connectivity index is 1.74. The zero-order valence-electron chi connectivity index (χ0n) is 28.7. The van der Waals surface area contributed by atoms with Crippen molar-refractivity contribution in [1.82, 2.24) is 15.2 Å². The van der Waals surface area contributed by atoms with Crippen molar-refractivity contribution < 1.29 is 33.3 Å². The number of morpholine rings is 1.